The molecule has 0 saturated heterocycles. The molecule has 86 valence electrons. The number of aromatic carboxylic acids is 1. The zero-order valence-electron chi connectivity index (χ0n) is 9.32. The molecule has 0 fully saturated rings. The summed E-state index contributed by atoms with van der Waals surface area (Å²) >= 11 is 0. The van der Waals surface area contributed by atoms with E-state index in [4.69, 9.17) is 9.84 Å². The summed E-state index contributed by atoms with van der Waals surface area (Å²) in [6.07, 6.45) is 0.762. The molecule has 16 heavy (non-hydrogen) atoms. The molecule has 1 aromatic carbocycles. The number of carbonyl (C=O) groups excluding carboxylic acids is 1. The van der Waals surface area contributed by atoms with Gasteiger partial charge in [-0.05, 0) is 37.1 Å². The highest BCUT2D eigenvalue weighted by Crippen LogP contribution is 2.12. The molecule has 0 aromatic heterocycles. The maximum atomic E-state index is 11.5. The van der Waals surface area contributed by atoms with Gasteiger partial charge in [0, 0.05) is 0 Å². The van der Waals surface area contributed by atoms with Crippen LogP contribution in [0.4, 0.5) is 0 Å². The summed E-state index contributed by atoms with van der Waals surface area (Å²) in [6, 6.07) is 4.35. The van der Waals surface area contributed by atoms with Crippen molar-refractivity contribution in [2.24, 2.45) is 0 Å². The lowest BCUT2D eigenvalue weighted by Gasteiger charge is -2.06. The topological polar surface area (TPSA) is 63.6 Å². The summed E-state index contributed by atoms with van der Waals surface area (Å²) < 4.78 is 4.97. The van der Waals surface area contributed by atoms with E-state index in [1.165, 1.54) is 18.2 Å². The van der Waals surface area contributed by atoms with Crippen LogP contribution in [0.1, 0.15) is 39.6 Å². The van der Waals surface area contributed by atoms with Gasteiger partial charge in [0.25, 0.3) is 0 Å². The number of ether oxygens (including phenoxy) is 1. The van der Waals surface area contributed by atoms with Gasteiger partial charge in [-0.2, -0.15) is 0 Å². The minimum absolute atomic E-state index is 0.171. The molecule has 0 aliphatic rings. The lowest BCUT2D eigenvalue weighted by atomic mass is 10.1. The predicted octanol–water partition coefficient (Wildman–Crippen LogP) is 2.26. The average Bonchev–Trinajstić information content (AvgIpc) is 2.25. The number of carboxylic acids is 1. The number of rotatable bonds is 4. The number of aryl methyl sites for hydroxylation is 1. The standard InChI is InChI=1S/C12H14O4/c1-3-6-16-12(15)10-5-4-9(11(13)14)7-8(10)2/h4-5,7H,3,6H2,1-2H3,(H,13,14). The molecule has 0 saturated carbocycles. The lowest BCUT2D eigenvalue weighted by Crippen LogP contribution is -2.08. The molecule has 0 spiro atoms. The largest absolute Gasteiger partial charge is 0.478 e. The van der Waals surface area contributed by atoms with Crippen LogP contribution < -0.4 is 0 Å². The highest BCUT2D eigenvalue weighted by Gasteiger charge is 2.12. The minimum Gasteiger partial charge on any atom is -0.478 e. The van der Waals surface area contributed by atoms with Crippen molar-refractivity contribution in [1.29, 1.82) is 0 Å². The van der Waals surface area contributed by atoms with Crippen molar-refractivity contribution in [3.63, 3.8) is 0 Å². The van der Waals surface area contributed by atoms with Gasteiger partial charge in [-0.3, -0.25) is 0 Å². The van der Waals surface area contributed by atoms with Crippen molar-refractivity contribution in [2.45, 2.75) is 20.3 Å². The van der Waals surface area contributed by atoms with E-state index in [1.54, 1.807) is 6.92 Å². The number of benzene rings is 1. The monoisotopic (exact) mass is 222 g/mol. The SMILES string of the molecule is CCCOC(=O)c1ccc(C(=O)O)cc1C. The van der Waals surface area contributed by atoms with E-state index in [-0.39, 0.29) is 5.56 Å². The number of esters is 1. The van der Waals surface area contributed by atoms with Gasteiger partial charge >= 0.3 is 11.9 Å². The van der Waals surface area contributed by atoms with Gasteiger partial charge < -0.3 is 9.84 Å². The second-order valence-electron chi connectivity index (χ2n) is 3.47. The zero-order valence-corrected chi connectivity index (χ0v) is 9.32. The minimum atomic E-state index is -1.00. The highest BCUT2D eigenvalue weighted by atomic mass is 16.5. The Balaban J connectivity index is 2.90. The Morgan fingerprint density at radius 2 is 2.06 bits per heavy atom. The van der Waals surface area contributed by atoms with Gasteiger partial charge in [0.15, 0.2) is 0 Å². The second kappa shape index (κ2) is 5.30. The molecule has 4 nitrogen and oxygen atoms in total. The van der Waals surface area contributed by atoms with E-state index < -0.39 is 11.9 Å². The first-order valence-electron chi connectivity index (χ1n) is 5.07. The summed E-state index contributed by atoms with van der Waals surface area (Å²) in [5, 5.41) is 8.76. The van der Waals surface area contributed by atoms with E-state index in [9.17, 15) is 9.59 Å². The molecule has 1 aromatic rings. The van der Waals surface area contributed by atoms with Crippen LogP contribution in [0.3, 0.4) is 0 Å². The fourth-order valence-electron chi connectivity index (χ4n) is 1.30. The Kier molecular flexibility index (Phi) is 4.05. The van der Waals surface area contributed by atoms with Crippen molar-refractivity contribution in [2.75, 3.05) is 6.61 Å². The summed E-state index contributed by atoms with van der Waals surface area (Å²) in [5.41, 5.74) is 1.20. The molecular weight excluding hydrogens is 208 g/mol. The van der Waals surface area contributed by atoms with Crippen LogP contribution in [-0.4, -0.2) is 23.7 Å². The number of carboxylic acid groups (broad SMARTS) is 1. The van der Waals surface area contributed by atoms with Gasteiger partial charge in [-0.15, -0.1) is 0 Å². The molecule has 0 amide bonds. The van der Waals surface area contributed by atoms with Gasteiger partial charge in [0.2, 0.25) is 0 Å². The van der Waals surface area contributed by atoms with E-state index in [1.807, 2.05) is 6.92 Å². The summed E-state index contributed by atoms with van der Waals surface area (Å²) in [6.45, 7) is 3.97. The van der Waals surface area contributed by atoms with Crippen LogP contribution in [0.2, 0.25) is 0 Å². The number of hydrogen-bond donors (Lipinski definition) is 1. The first-order chi connectivity index (χ1) is 7.56. The third-order valence-corrected chi connectivity index (χ3v) is 2.13. The molecule has 4 heteroatoms. The fraction of sp³-hybridized carbons (Fsp3) is 0.333. The summed E-state index contributed by atoms with van der Waals surface area (Å²) in [4.78, 5) is 22.2. The van der Waals surface area contributed by atoms with Crippen molar-refractivity contribution in [1.82, 2.24) is 0 Å². The summed E-state index contributed by atoms with van der Waals surface area (Å²) in [5.74, 6) is -1.41. The molecule has 1 rings (SSSR count). The molecule has 0 unspecified atom stereocenters. The Morgan fingerprint density at radius 3 is 2.56 bits per heavy atom. The third-order valence-electron chi connectivity index (χ3n) is 2.13. The van der Waals surface area contributed by atoms with E-state index in [0.29, 0.717) is 17.7 Å². The van der Waals surface area contributed by atoms with Crippen molar-refractivity contribution < 1.29 is 19.4 Å². The Morgan fingerprint density at radius 1 is 1.38 bits per heavy atom. The van der Waals surface area contributed by atoms with Crippen LogP contribution in [0.5, 0.6) is 0 Å². The molecule has 0 heterocycles. The van der Waals surface area contributed by atoms with Crippen LogP contribution in [0.15, 0.2) is 18.2 Å². The Hall–Kier alpha value is -1.84. The molecule has 1 N–H and O–H groups in total. The van der Waals surface area contributed by atoms with Gasteiger partial charge in [0.1, 0.15) is 0 Å². The maximum Gasteiger partial charge on any atom is 0.338 e. The normalized spacial score (nSPS) is 9.88. The van der Waals surface area contributed by atoms with Crippen LogP contribution in [-0.2, 0) is 4.74 Å². The van der Waals surface area contributed by atoms with Gasteiger partial charge in [0.05, 0.1) is 17.7 Å². The number of carbonyl (C=O) groups is 2. The van der Waals surface area contributed by atoms with Gasteiger partial charge in [-0.25, -0.2) is 9.59 Å². The molecular formula is C12H14O4. The van der Waals surface area contributed by atoms with E-state index in [0.717, 1.165) is 6.42 Å². The highest BCUT2D eigenvalue weighted by molar-refractivity contribution is 5.94. The number of hydrogen-bond acceptors (Lipinski definition) is 3. The zero-order chi connectivity index (χ0) is 12.1. The Bertz CT molecular complexity index is 409. The first-order valence-corrected chi connectivity index (χ1v) is 5.07. The fourth-order valence-corrected chi connectivity index (χ4v) is 1.30. The average molecular weight is 222 g/mol. The van der Waals surface area contributed by atoms with Crippen molar-refractivity contribution in [3.8, 4) is 0 Å². The quantitative estimate of drug-likeness (QED) is 0.793. The Labute approximate surface area is 93.9 Å². The van der Waals surface area contributed by atoms with Crippen molar-refractivity contribution >= 4 is 11.9 Å². The van der Waals surface area contributed by atoms with Crippen LogP contribution in [0, 0.1) is 6.92 Å². The van der Waals surface area contributed by atoms with Crippen molar-refractivity contribution in [3.05, 3.63) is 34.9 Å². The maximum absolute atomic E-state index is 11.5. The molecule has 0 aliphatic heterocycles. The van der Waals surface area contributed by atoms with Gasteiger partial charge in [-0.1, -0.05) is 6.92 Å². The third kappa shape index (κ3) is 2.82. The molecule has 0 bridgehead atoms. The predicted molar refractivity (Wildman–Crippen MR) is 58.7 cm³/mol. The molecule has 0 radical (unpaired) electrons. The molecule has 0 atom stereocenters. The van der Waals surface area contributed by atoms with E-state index in [2.05, 4.69) is 0 Å². The second-order valence-corrected chi connectivity index (χ2v) is 3.47. The first kappa shape index (κ1) is 12.2. The smallest absolute Gasteiger partial charge is 0.338 e. The lowest BCUT2D eigenvalue weighted by molar-refractivity contribution is 0.0503. The van der Waals surface area contributed by atoms with Crippen LogP contribution >= 0.6 is 0 Å². The summed E-state index contributed by atoms with van der Waals surface area (Å²) in [7, 11) is 0. The van der Waals surface area contributed by atoms with Crippen LogP contribution in [0.25, 0.3) is 0 Å². The molecule has 0 aliphatic carbocycles. The van der Waals surface area contributed by atoms with E-state index >= 15 is 0 Å².